The van der Waals surface area contributed by atoms with Crippen molar-refractivity contribution in [1.29, 1.82) is 0 Å². The van der Waals surface area contributed by atoms with Gasteiger partial charge in [0.05, 0.1) is 19.9 Å². The first-order valence-electron chi connectivity index (χ1n) is 5.78. The summed E-state index contributed by atoms with van der Waals surface area (Å²) in [6.07, 6.45) is 2.60. The summed E-state index contributed by atoms with van der Waals surface area (Å²) in [5.74, 6) is 0.788. The third-order valence-corrected chi connectivity index (χ3v) is 3.52. The van der Waals surface area contributed by atoms with Gasteiger partial charge < -0.3 is 10.5 Å². The van der Waals surface area contributed by atoms with E-state index in [9.17, 15) is 0 Å². The molecule has 0 bridgehead atoms. The van der Waals surface area contributed by atoms with Crippen LogP contribution in [0.4, 0.5) is 0 Å². The minimum atomic E-state index is 0.594. The van der Waals surface area contributed by atoms with Gasteiger partial charge >= 0.3 is 0 Å². The molecule has 0 spiro atoms. The minimum Gasteiger partial charge on any atom is -0.481 e. The molecule has 0 saturated carbocycles. The number of hydrogen-bond acceptors (Lipinski definition) is 3. The summed E-state index contributed by atoms with van der Waals surface area (Å²) in [5, 5.41) is 4.36. The van der Waals surface area contributed by atoms with Crippen molar-refractivity contribution >= 4 is 15.9 Å². The Bertz CT molecular complexity index is 525. The van der Waals surface area contributed by atoms with Crippen molar-refractivity contribution in [2.75, 3.05) is 13.7 Å². The summed E-state index contributed by atoms with van der Waals surface area (Å²) in [4.78, 5) is 0. The van der Waals surface area contributed by atoms with Crippen LogP contribution in [0.5, 0.6) is 5.88 Å². The smallest absolute Gasteiger partial charge is 0.215 e. The highest BCUT2D eigenvalue weighted by atomic mass is 79.9. The number of aromatic nitrogens is 2. The van der Waals surface area contributed by atoms with E-state index in [0.29, 0.717) is 13.1 Å². The molecule has 2 aromatic rings. The molecule has 0 aliphatic heterocycles. The van der Waals surface area contributed by atoms with Crippen LogP contribution in [0, 0.1) is 0 Å². The molecule has 0 aliphatic carbocycles. The molecule has 0 fully saturated rings. The fourth-order valence-electron chi connectivity index (χ4n) is 1.88. The van der Waals surface area contributed by atoms with Gasteiger partial charge in [-0.3, -0.25) is 0 Å². The molecular formula is C13H16BrN3O. The zero-order chi connectivity index (χ0) is 13.0. The number of rotatable bonds is 5. The van der Waals surface area contributed by atoms with Crippen molar-refractivity contribution in [1.82, 2.24) is 9.78 Å². The van der Waals surface area contributed by atoms with E-state index < -0.39 is 0 Å². The molecule has 18 heavy (non-hydrogen) atoms. The van der Waals surface area contributed by atoms with Crippen LogP contribution in [0.15, 0.2) is 34.9 Å². The van der Waals surface area contributed by atoms with Crippen molar-refractivity contribution in [3.05, 3.63) is 46.1 Å². The average Bonchev–Trinajstić information content (AvgIpc) is 2.75. The van der Waals surface area contributed by atoms with Crippen molar-refractivity contribution < 1.29 is 4.74 Å². The lowest BCUT2D eigenvalue weighted by atomic mass is 10.2. The molecule has 2 rings (SSSR count). The Hall–Kier alpha value is -1.33. The SMILES string of the molecule is COc1c(CCN)cnn1Cc1ccccc1Br. The van der Waals surface area contributed by atoms with Crippen molar-refractivity contribution in [3.63, 3.8) is 0 Å². The summed E-state index contributed by atoms with van der Waals surface area (Å²) in [6.45, 7) is 1.27. The molecular weight excluding hydrogens is 294 g/mol. The van der Waals surface area contributed by atoms with Crippen LogP contribution in [0.3, 0.4) is 0 Å². The van der Waals surface area contributed by atoms with E-state index in [0.717, 1.165) is 27.9 Å². The lowest BCUT2D eigenvalue weighted by Crippen LogP contribution is -2.07. The van der Waals surface area contributed by atoms with Crippen LogP contribution in [-0.4, -0.2) is 23.4 Å². The summed E-state index contributed by atoms with van der Waals surface area (Å²) >= 11 is 3.54. The summed E-state index contributed by atoms with van der Waals surface area (Å²) in [7, 11) is 1.66. The van der Waals surface area contributed by atoms with E-state index in [1.54, 1.807) is 7.11 Å². The van der Waals surface area contributed by atoms with Crippen LogP contribution >= 0.6 is 15.9 Å². The van der Waals surface area contributed by atoms with E-state index in [1.807, 2.05) is 29.1 Å². The lowest BCUT2D eigenvalue weighted by molar-refractivity contribution is 0.362. The fourth-order valence-corrected chi connectivity index (χ4v) is 2.29. The van der Waals surface area contributed by atoms with E-state index >= 15 is 0 Å². The summed E-state index contributed by atoms with van der Waals surface area (Å²) in [5.41, 5.74) is 7.78. The highest BCUT2D eigenvalue weighted by molar-refractivity contribution is 9.10. The van der Waals surface area contributed by atoms with Gasteiger partial charge in [0.25, 0.3) is 0 Å². The molecule has 1 aromatic carbocycles. The molecule has 0 radical (unpaired) electrons. The van der Waals surface area contributed by atoms with Crippen molar-refractivity contribution in [2.24, 2.45) is 5.73 Å². The van der Waals surface area contributed by atoms with Gasteiger partial charge in [0.1, 0.15) is 0 Å². The number of hydrogen-bond donors (Lipinski definition) is 1. The largest absolute Gasteiger partial charge is 0.481 e. The molecule has 1 heterocycles. The molecule has 0 saturated heterocycles. The highest BCUT2D eigenvalue weighted by Crippen LogP contribution is 2.22. The normalized spacial score (nSPS) is 10.6. The number of methoxy groups -OCH3 is 1. The molecule has 0 unspecified atom stereocenters. The van der Waals surface area contributed by atoms with Crippen molar-refractivity contribution in [3.8, 4) is 5.88 Å². The second-order valence-electron chi connectivity index (χ2n) is 3.97. The third-order valence-electron chi connectivity index (χ3n) is 2.75. The van der Waals surface area contributed by atoms with Crippen LogP contribution in [0.1, 0.15) is 11.1 Å². The molecule has 1 aromatic heterocycles. The van der Waals surface area contributed by atoms with E-state index in [4.69, 9.17) is 10.5 Å². The Morgan fingerprint density at radius 3 is 2.78 bits per heavy atom. The maximum absolute atomic E-state index is 5.57. The number of nitrogens with zero attached hydrogens (tertiary/aromatic N) is 2. The van der Waals surface area contributed by atoms with E-state index in [2.05, 4.69) is 27.1 Å². The molecule has 5 heteroatoms. The Morgan fingerprint density at radius 2 is 2.11 bits per heavy atom. The number of benzene rings is 1. The Balaban J connectivity index is 2.27. The van der Waals surface area contributed by atoms with Gasteiger partial charge in [-0.05, 0) is 24.6 Å². The average molecular weight is 310 g/mol. The van der Waals surface area contributed by atoms with Gasteiger partial charge in [0.15, 0.2) is 0 Å². The van der Waals surface area contributed by atoms with E-state index in [1.165, 1.54) is 0 Å². The first-order valence-corrected chi connectivity index (χ1v) is 6.57. The number of nitrogens with two attached hydrogens (primary N) is 1. The Labute approximate surface area is 115 Å². The second kappa shape index (κ2) is 6.02. The van der Waals surface area contributed by atoms with Gasteiger partial charge in [-0.2, -0.15) is 5.10 Å². The zero-order valence-corrected chi connectivity index (χ0v) is 11.9. The number of ether oxygens (including phenoxy) is 1. The standard InChI is InChI=1S/C13H16BrN3O/c1-18-13-10(6-7-15)8-16-17(13)9-11-4-2-3-5-12(11)14/h2-5,8H,6-7,9,15H2,1H3. The van der Waals surface area contributed by atoms with Crippen LogP contribution in [-0.2, 0) is 13.0 Å². The molecule has 96 valence electrons. The van der Waals surface area contributed by atoms with Crippen LogP contribution in [0.2, 0.25) is 0 Å². The van der Waals surface area contributed by atoms with Crippen molar-refractivity contribution in [2.45, 2.75) is 13.0 Å². The van der Waals surface area contributed by atoms with Gasteiger partial charge in [-0.25, -0.2) is 4.68 Å². The minimum absolute atomic E-state index is 0.594. The third kappa shape index (κ3) is 2.73. The molecule has 2 N–H and O–H groups in total. The lowest BCUT2D eigenvalue weighted by Gasteiger charge is -2.09. The Kier molecular flexibility index (Phi) is 4.38. The van der Waals surface area contributed by atoms with Gasteiger partial charge in [-0.15, -0.1) is 0 Å². The van der Waals surface area contributed by atoms with Crippen LogP contribution < -0.4 is 10.5 Å². The fraction of sp³-hybridized carbons (Fsp3) is 0.308. The quantitative estimate of drug-likeness (QED) is 0.921. The maximum atomic E-state index is 5.57. The summed E-state index contributed by atoms with van der Waals surface area (Å²) in [6, 6.07) is 8.09. The van der Waals surface area contributed by atoms with Crippen LogP contribution in [0.25, 0.3) is 0 Å². The predicted octanol–water partition coefficient (Wildman–Crippen LogP) is 2.20. The zero-order valence-electron chi connectivity index (χ0n) is 10.3. The number of halogens is 1. The van der Waals surface area contributed by atoms with Gasteiger partial charge in [0, 0.05) is 10.0 Å². The molecule has 0 aliphatic rings. The monoisotopic (exact) mass is 309 g/mol. The molecule has 0 amide bonds. The maximum Gasteiger partial charge on any atom is 0.215 e. The predicted molar refractivity (Wildman–Crippen MR) is 74.8 cm³/mol. The molecule has 0 atom stereocenters. The van der Waals surface area contributed by atoms with Gasteiger partial charge in [-0.1, -0.05) is 34.1 Å². The van der Waals surface area contributed by atoms with Gasteiger partial charge in [0.2, 0.25) is 5.88 Å². The van der Waals surface area contributed by atoms with E-state index in [-0.39, 0.29) is 0 Å². The Morgan fingerprint density at radius 1 is 1.33 bits per heavy atom. The topological polar surface area (TPSA) is 53.1 Å². The summed E-state index contributed by atoms with van der Waals surface area (Å²) < 4.78 is 8.34. The first-order chi connectivity index (χ1) is 8.76. The second-order valence-corrected chi connectivity index (χ2v) is 4.82. The molecule has 4 nitrogen and oxygen atoms in total. The first kappa shape index (κ1) is 13.1. The highest BCUT2D eigenvalue weighted by Gasteiger charge is 2.11.